The third-order valence-electron chi connectivity index (χ3n) is 3.15. The summed E-state index contributed by atoms with van der Waals surface area (Å²) in [5, 5.41) is 7.49. The molecule has 1 heterocycles. The fraction of sp³-hybridized carbons (Fsp3) is 0.714. The molecule has 114 valence electrons. The lowest BCUT2D eigenvalue weighted by molar-refractivity contribution is 0.206. The first-order chi connectivity index (χ1) is 9.69. The SMILES string of the molecule is CCNCCCCn1ncc(N(C)CCOC)cc1=O. The van der Waals surface area contributed by atoms with E-state index in [9.17, 15) is 4.79 Å². The van der Waals surface area contributed by atoms with Crippen LogP contribution in [-0.4, -0.2) is 50.2 Å². The van der Waals surface area contributed by atoms with E-state index >= 15 is 0 Å². The van der Waals surface area contributed by atoms with Gasteiger partial charge in [0.05, 0.1) is 18.5 Å². The summed E-state index contributed by atoms with van der Waals surface area (Å²) in [4.78, 5) is 13.9. The van der Waals surface area contributed by atoms with Crippen LogP contribution in [0.1, 0.15) is 19.8 Å². The summed E-state index contributed by atoms with van der Waals surface area (Å²) in [5.74, 6) is 0. The number of rotatable bonds is 10. The van der Waals surface area contributed by atoms with E-state index in [2.05, 4.69) is 17.3 Å². The molecule has 0 saturated carbocycles. The van der Waals surface area contributed by atoms with Crippen molar-refractivity contribution in [2.45, 2.75) is 26.3 Å². The first-order valence-corrected chi connectivity index (χ1v) is 7.17. The highest BCUT2D eigenvalue weighted by atomic mass is 16.5. The third kappa shape index (κ3) is 5.71. The highest BCUT2D eigenvalue weighted by molar-refractivity contribution is 5.41. The summed E-state index contributed by atoms with van der Waals surface area (Å²) in [5.41, 5.74) is 0.783. The van der Waals surface area contributed by atoms with Crippen LogP contribution < -0.4 is 15.8 Å². The van der Waals surface area contributed by atoms with Gasteiger partial charge in [-0.15, -0.1) is 0 Å². The number of aromatic nitrogens is 2. The number of hydrogen-bond donors (Lipinski definition) is 1. The number of ether oxygens (including phenoxy) is 1. The summed E-state index contributed by atoms with van der Waals surface area (Å²) in [7, 11) is 3.59. The van der Waals surface area contributed by atoms with Gasteiger partial charge in [-0.1, -0.05) is 6.92 Å². The zero-order chi connectivity index (χ0) is 14.8. The Morgan fingerprint density at radius 1 is 1.45 bits per heavy atom. The normalized spacial score (nSPS) is 10.8. The van der Waals surface area contributed by atoms with Gasteiger partial charge in [-0.05, 0) is 25.9 Å². The van der Waals surface area contributed by atoms with Crippen molar-refractivity contribution in [3.05, 3.63) is 22.6 Å². The van der Waals surface area contributed by atoms with Crippen molar-refractivity contribution in [2.75, 3.05) is 45.3 Å². The van der Waals surface area contributed by atoms with Crippen molar-refractivity contribution in [3.8, 4) is 0 Å². The second kappa shape index (κ2) is 9.50. The van der Waals surface area contributed by atoms with Crippen LogP contribution in [0.2, 0.25) is 0 Å². The molecule has 0 fully saturated rings. The Kier molecular flexibility index (Phi) is 7.91. The molecule has 1 aromatic heterocycles. The second-order valence-electron chi connectivity index (χ2n) is 4.75. The molecule has 1 aromatic rings. The van der Waals surface area contributed by atoms with E-state index in [-0.39, 0.29) is 5.56 Å². The maximum absolute atomic E-state index is 12.0. The largest absolute Gasteiger partial charge is 0.383 e. The number of anilines is 1. The molecular formula is C14H26N4O2. The van der Waals surface area contributed by atoms with E-state index in [1.54, 1.807) is 19.4 Å². The van der Waals surface area contributed by atoms with Crippen molar-refractivity contribution >= 4 is 5.69 Å². The molecule has 0 saturated heterocycles. The van der Waals surface area contributed by atoms with Crippen molar-refractivity contribution in [2.24, 2.45) is 0 Å². The molecule has 6 nitrogen and oxygen atoms in total. The highest BCUT2D eigenvalue weighted by Crippen LogP contribution is 2.06. The Morgan fingerprint density at radius 2 is 2.25 bits per heavy atom. The zero-order valence-corrected chi connectivity index (χ0v) is 12.8. The predicted molar refractivity (Wildman–Crippen MR) is 81.4 cm³/mol. The average molecular weight is 282 g/mol. The molecule has 20 heavy (non-hydrogen) atoms. The standard InChI is InChI=1S/C14H26N4O2/c1-4-15-7-5-6-8-18-14(19)11-13(12-16-18)17(2)9-10-20-3/h11-12,15H,4-10H2,1-3H3. The van der Waals surface area contributed by atoms with Crippen LogP contribution in [0.3, 0.4) is 0 Å². The van der Waals surface area contributed by atoms with E-state index in [1.807, 2.05) is 11.9 Å². The van der Waals surface area contributed by atoms with Crippen LogP contribution >= 0.6 is 0 Å². The van der Waals surface area contributed by atoms with Gasteiger partial charge in [0.15, 0.2) is 0 Å². The minimum Gasteiger partial charge on any atom is -0.383 e. The fourth-order valence-electron chi connectivity index (χ4n) is 1.85. The van der Waals surface area contributed by atoms with Gasteiger partial charge in [-0.3, -0.25) is 4.79 Å². The van der Waals surface area contributed by atoms with E-state index in [0.29, 0.717) is 13.2 Å². The minimum absolute atomic E-state index is 0.0461. The van der Waals surface area contributed by atoms with Crippen molar-refractivity contribution < 1.29 is 4.74 Å². The quantitative estimate of drug-likeness (QED) is 0.641. The first-order valence-electron chi connectivity index (χ1n) is 7.17. The van der Waals surface area contributed by atoms with E-state index in [1.165, 1.54) is 4.68 Å². The number of nitrogens with one attached hydrogen (secondary N) is 1. The molecule has 0 amide bonds. The Bertz CT molecular complexity index is 433. The molecule has 0 aliphatic carbocycles. The molecule has 6 heteroatoms. The fourth-order valence-corrected chi connectivity index (χ4v) is 1.85. The summed E-state index contributed by atoms with van der Waals surface area (Å²) in [6.45, 7) is 6.11. The summed E-state index contributed by atoms with van der Waals surface area (Å²) < 4.78 is 6.55. The molecule has 0 atom stereocenters. The van der Waals surface area contributed by atoms with E-state index in [4.69, 9.17) is 4.74 Å². The van der Waals surface area contributed by atoms with Gasteiger partial charge in [0.1, 0.15) is 0 Å². The van der Waals surface area contributed by atoms with Gasteiger partial charge in [0.2, 0.25) is 0 Å². The topological polar surface area (TPSA) is 59.4 Å². The van der Waals surface area contributed by atoms with Crippen molar-refractivity contribution in [1.82, 2.24) is 15.1 Å². The first kappa shape index (κ1) is 16.7. The Hall–Kier alpha value is -1.40. The van der Waals surface area contributed by atoms with E-state index < -0.39 is 0 Å². The van der Waals surface area contributed by atoms with Gasteiger partial charge < -0.3 is 15.0 Å². The molecule has 0 aromatic carbocycles. The molecule has 0 aliphatic rings. The maximum Gasteiger partial charge on any atom is 0.268 e. The monoisotopic (exact) mass is 282 g/mol. The molecule has 0 spiro atoms. The number of nitrogens with zero attached hydrogens (tertiary/aromatic N) is 3. The average Bonchev–Trinajstić information content (AvgIpc) is 2.46. The zero-order valence-electron chi connectivity index (χ0n) is 12.8. The molecular weight excluding hydrogens is 256 g/mol. The molecule has 0 radical (unpaired) electrons. The van der Waals surface area contributed by atoms with Gasteiger partial charge in [0, 0.05) is 33.3 Å². The molecule has 0 bridgehead atoms. The molecule has 1 rings (SSSR count). The van der Waals surface area contributed by atoms with Crippen LogP contribution in [0.4, 0.5) is 5.69 Å². The number of unbranched alkanes of at least 4 members (excludes halogenated alkanes) is 1. The van der Waals surface area contributed by atoms with Crippen LogP contribution in [0, 0.1) is 0 Å². The lowest BCUT2D eigenvalue weighted by atomic mass is 10.3. The number of likely N-dealkylation sites (N-methyl/N-ethyl adjacent to an activating group) is 1. The van der Waals surface area contributed by atoms with Gasteiger partial charge in [-0.2, -0.15) is 5.10 Å². The predicted octanol–water partition coefficient (Wildman–Crippen LogP) is 0.716. The second-order valence-corrected chi connectivity index (χ2v) is 4.75. The highest BCUT2D eigenvalue weighted by Gasteiger charge is 2.04. The van der Waals surface area contributed by atoms with Crippen LogP contribution in [0.25, 0.3) is 0 Å². The maximum atomic E-state index is 12.0. The van der Waals surface area contributed by atoms with Crippen LogP contribution in [0.5, 0.6) is 0 Å². The Morgan fingerprint density at radius 3 is 2.90 bits per heavy atom. The smallest absolute Gasteiger partial charge is 0.268 e. The number of aryl methyl sites for hydroxylation is 1. The number of hydrogen-bond acceptors (Lipinski definition) is 5. The molecule has 0 aliphatic heterocycles. The Labute approximate surface area is 120 Å². The lowest BCUT2D eigenvalue weighted by Crippen LogP contribution is -2.27. The van der Waals surface area contributed by atoms with Crippen LogP contribution in [0.15, 0.2) is 17.1 Å². The van der Waals surface area contributed by atoms with Crippen LogP contribution in [-0.2, 0) is 11.3 Å². The minimum atomic E-state index is -0.0461. The summed E-state index contributed by atoms with van der Waals surface area (Å²) >= 11 is 0. The van der Waals surface area contributed by atoms with Gasteiger partial charge in [-0.25, -0.2) is 4.68 Å². The van der Waals surface area contributed by atoms with Gasteiger partial charge in [0.25, 0.3) is 5.56 Å². The third-order valence-corrected chi connectivity index (χ3v) is 3.15. The lowest BCUT2D eigenvalue weighted by Gasteiger charge is -2.18. The Balaban J connectivity index is 2.48. The molecule has 1 N–H and O–H groups in total. The van der Waals surface area contributed by atoms with Crippen molar-refractivity contribution in [1.29, 1.82) is 0 Å². The summed E-state index contributed by atoms with van der Waals surface area (Å²) in [6, 6.07) is 1.63. The summed E-state index contributed by atoms with van der Waals surface area (Å²) in [6.07, 6.45) is 3.75. The van der Waals surface area contributed by atoms with Gasteiger partial charge >= 0.3 is 0 Å². The molecule has 0 unspecified atom stereocenters. The van der Waals surface area contributed by atoms with Crippen molar-refractivity contribution in [3.63, 3.8) is 0 Å². The van der Waals surface area contributed by atoms with E-state index in [0.717, 1.165) is 38.2 Å². The number of methoxy groups -OCH3 is 1.